The van der Waals surface area contributed by atoms with E-state index in [9.17, 15) is 8.42 Å². The fourth-order valence-corrected chi connectivity index (χ4v) is 2.92. The molecule has 1 aromatic rings. The summed E-state index contributed by atoms with van der Waals surface area (Å²) in [5.74, 6) is 1.48. The maximum absolute atomic E-state index is 10.9. The molecule has 20 heavy (non-hydrogen) atoms. The molecule has 0 unspecified atom stereocenters. The largest absolute Gasteiger partial charge is 0.497 e. The molecule has 1 aromatic carbocycles. The van der Waals surface area contributed by atoms with Crippen molar-refractivity contribution in [3.05, 3.63) is 29.8 Å². The fourth-order valence-electron chi connectivity index (χ4n) is 2.45. The minimum atomic E-state index is -3.07. The second-order valence-corrected chi connectivity index (χ2v) is 7.09. The average Bonchev–Trinajstić information content (AvgIpc) is 2.35. The molecular weight excluding hydrogens is 276 g/mol. The molecule has 0 spiro atoms. The van der Waals surface area contributed by atoms with Crippen LogP contribution >= 0.6 is 0 Å². The number of methoxy groups -OCH3 is 1. The lowest BCUT2D eigenvalue weighted by Gasteiger charge is -2.36. The fraction of sp³-hybridized carbons (Fsp3) is 0.571. The normalized spacial score (nSPS) is 22.3. The molecule has 6 heteroatoms. The van der Waals surface area contributed by atoms with Crippen molar-refractivity contribution < 1.29 is 13.2 Å². The summed E-state index contributed by atoms with van der Waals surface area (Å²) in [6.45, 7) is 1.12. The molecule has 112 valence electrons. The molecular formula is C14H22N2O3S. The maximum atomic E-state index is 10.9. The zero-order chi connectivity index (χ0) is 14.6. The molecule has 5 nitrogen and oxygen atoms in total. The minimum Gasteiger partial charge on any atom is -0.497 e. The Balaban J connectivity index is 1.66. The van der Waals surface area contributed by atoms with Crippen molar-refractivity contribution in [1.82, 2.24) is 10.0 Å². The smallest absolute Gasteiger partial charge is 0.208 e. The molecule has 2 rings (SSSR count). The van der Waals surface area contributed by atoms with Crippen LogP contribution < -0.4 is 14.8 Å². The summed E-state index contributed by atoms with van der Waals surface area (Å²) in [6, 6.07) is 8.71. The van der Waals surface area contributed by atoms with E-state index < -0.39 is 10.0 Å². The number of hydrogen-bond acceptors (Lipinski definition) is 4. The van der Waals surface area contributed by atoms with E-state index in [2.05, 4.69) is 22.2 Å². The number of benzene rings is 1. The van der Waals surface area contributed by atoms with Gasteiger partial charge in [0.25, 0.3) is 0 Å². The summed E-state index contributed by atoms with van der Waals surface area (Å²) in [5, 5.41) is 3.36. The first-order valence-corrected chi connectivity index (χ1v) is 8.69. The highest BCUT2D eigenvalue weighted by molar-refractivity contribution is 7.88. The zero-order valence-electron chi connectivity index (χ0n) is 11.9. The van der Waals surface area contributed by atoms with E-state index in [4.69, 9.17) is 4.74 Å². The first-order valence-electron chi connectivity index (χ1n) is 6.80. The van der Waals surface area contributed by atoms with Crippen LogP contribution in [0.5, 0.6) is 5.75 Å². The predicted molar refractivity (Wildman–Crippen MR) is 79.6 cm³/mol. The maximum Gasteiger partial charge on any atom is 0.208 e. The summed E-state index contributed by atoms with van der Waals surface area (Å²) < 4.78 is 29.4. The number of nitrogens with one attached hydrogen (secondary N) is 2. The van der Waals surface area contributed by atoms with E-state index in [0.717, 1.165) is 18.6 Å². The first-order chi connectivity index (χ1) is 9.48. The van der Waals surface area contributed by atoms with Crippen LogP contribution in [0.2, 0.25) is 0 Å². The van der Waals surface area contributed by atoms with Crippen LogP contribution in [-0.2, 0) is 10.0 Å². The lowest BCUT2D eigenvalue weighted by molar-refractivity contribution is 0.293. The van der Waals surface area contributed by atoms with Crippen LogP contribution in [-0.4, -0.2) is 40.9 Å². The van der Waals surface area contributed by atoms with Crippen molar-refractivity contribution >= 4 is 10.0 Å². The Kier molecular flexibility index (Phi) is 5.01. The van der Waals surface area contributed by atoms with E-state index >= 15 is 0 Å². The molecule has 0 bridgehead atoms. The molecule has 1 aliphatic rings. The Hall–Kier alpha value is -1.11. The Morgan fingerprint density at radius 3 is 2.40 bits per heavy atom. The summed E-state index contributed by atoms with van der Waals surface area (Å²) in [4.78, 5) is 0. The molecule has 0 amide bonds. The quantitative estimate of drug-likeness (QED) is 0.739. The van der Waals surface area contributed by atoms with Gasteiger partial charge in [0, 0.05) is 19.1 Å². The van der Waals surface area contributed by atoms with Crippen LogP contribution in [0, 0.1) is 0 Å². The molecule has 0 aliphatic heterocycles. The van der Waals surface area contributed by atoms with Gasteiger partial charge in [0.15, 0.2) is 0 Å². The molecule has 0 saturated heterocycles. The van der Waals surface area contributed by atoms with Crippen LogP contribution in [0.4, 0.5) is 0 Å². The van der Waals surface area contributed by atoms with Gasteiger partial charge < -0.3 is 10.1 Å². The van der Waals surface area contributed by atoms with Crippen molar-refractivity contribution in [1.29, 1.82) is 0 Å². The number of rotatable bonds is 7. The van der Waals surface area contributed by atoms with Gasteiger partial charge in [-0.2, -0.15) is 0 Å². The van der Waals surface area contributed by atoms with Crippen LogP contribution in [0.3, 0.4) is 0 Å². The Bertz CT molecular complexity index is 522. The number of hydrogen-bond donors (Lipinski definition) is 2. The second-order valence-electron chi connectivity index (χ2n) is 5.26. The molecule has 1 saturated carbocycles. The third-order valence-electron chi connectivity index (χ3n) is 3.65. The predicted octanol–water partition coefficient (Wildman–Crippen LogP) is 1.08. The summed E-state index contributed by atoms with van der Waals surface area (Å²) in [5.41, 5.74) is 1.35. The Labute approximate surface area is 120 Å². The molecule has 0 radical (unpaired) electrons. The minimum absolute atomic E-state index is 0.447. The van der Waals surface area contributed by atoms with Gasteiger partial charge in [-0.3, -0.25) is 0 Å². The van der Waals surface area contributed by atoms with Crippen LogP contribution in [0.1, 0.15) is 24.3 Å². The van der Waals surface area contributed by atoms with E-state index in [1.807, 2.05) is 12.1 Å². The lowest BCUT2D eigenvalue weighted by Crippen LogP contribution is -2.43. The second kappa shape index (κ2) is 6.56. The molecule has 0 aromatic heterocycles. The summed E-state index contributed by atoms with van der Waals surface area (Å²) >= 11 is 0. The van der Waals surface area contributed by atoms with Gasteiger partial charge in [-0.1, -0.05) is 12.1 Å². The summed E-state index contributed by atoms with van der Waals surface area (Å²) in [7, 11) is -1.40. The topological polar surface area (TPSA) is 67.4 Å². The van der Waals surface area contributed by atoms with Crippen molar-refractivity contribution in [2.75, 3.05) is 26.5 Å². The Morgan fingerprint density at radius 2 is 1.85 bits per heavy atom. The summed E-state index contributed by atoms with van der Waals surface area (Å²) in [6.07, 6.45) is 3.38. The van der Waals surface area contributed by atoms with Crippen molar-refractivity contribution in [2.45, 2.75) is 24.8 Å². The van der Waals surface area contributed by atoms with Gasteiger partial charge in [0.1, 0.15) is 5.75 Å². The van der Waals surface area contributed by atoms with Crippen LogP contribution in [0.25, 0.3) is 0 Å². The zero-order valence-corrected chi connectivity index (χ0v) is 12.7. The first kappa shape index (κ1) is 15.3. The highest BCUT2D eigenvalue weighted by atomic mass is 32.2. The average molecular weight is 298 g/mol. The van der Waals surface area contributed by atoms with Crippen molar-refractivity contribution in [3.8, 4) is 5.75 Å². The molecule has 1 aliphatic carbocycles. The number of ether oxygens (including phenoxy) is 1. The third-order valence-corrected chi connectivity index (χ3v) is 4.38. The third kappa shape index (κ3) is 4.47. The van der Waals surface area contributed by atoms with E-state index in [1.165, 1.54) is 11.8 Å². The van der Waals surface area contributed by atoms with Crippen LogP contribution in [0.15, 0.2) is 24.3 Å². The molecule has 0 heterocycles. The monoisotopic (exact) mass is 298 g/mol. The number of sulfonamides is 1. The SMILES string of the molecule is COc1ccc(C2CC(NCCNS(C)(=O)=O)C2)cc1. The van der Waals surface area contributed by atoms with E-state index in [0.29, 0.717) is 25.0 Å². The molecule has 0 atom stereocenters. The van der Waals surface area contributed by atoms with Gasteiger partial charge in [-0.05, 0) is 36.5 Å². The van der Waals surface area contributed by atoms with Gasteiger partial charge in [0.2, 0.25) is 10.0 Å². The van der Waals surface area contributed by atoms with Gasteiger partial charge >= 0.3 is 0 Å². The lowest BCUT2D eigenvalue weighted by atomic mass is 9.76. The standard InChI is InChI=1S/C14H22N2O3S/c1-19-14-5-3-11(4-6-14)12-9-13(10-12)15-7-8-16-20(2,17)18/h3-6,12-13,15-16H,7-10H2,1-2H3. The van der Waals surface area contributed by atoms with Crippen molar-refractivity contribution in [3.63, 3.8) is 0 Å². The molecule has 2 N–H and O–H groups in total. The van der Waals surface area contributed by atoms with Crippen molar-refractivity contribution in [2.24, 2.45) is 0 Å². The highest BCUT2D eigenvalue weighted by Crippen LogP contribution is 2.37. The van der Waals surface area contributed by atoms with Gasteiger partial charge in [-0.25, -0.2) is 13.1 Å². The van der Waals surface area contributed by atoms with E-state index in [1.54, 1.807) is 7.11 Å². The highest BCUT2D eigenvalue weighted by Gasteiger charge is 2.29. The van der Waals surface area contributed by atoms with E-state index in [-0.39, 0.29) is 0 Å². The molecule has 1 fully saturated rings. The van der Waals surface area contributed by atoms with Gasteiger partial charge in [0.05, 0.1) is 13.4 Å². The van der Waals surface area contributed by atoms with Gasteiger partial charge in [-0.15, -0.1) is 0 Å². The Morgan fingerprint density at radius 1 is 1.20 bits per heavy atom.